The molecule has 0 spiro atoms. The molecule has 1 aromatic carbocycles. The molecule has 1 heterocycles. The zero-order chi connectivity index (χ0) is 26.1. The van der Waals surface area contributed by atoms with E-state index in [2.05, 4.69) is 20.8 Å². The third-order valence-electron chi connectivity index (χ3n) is 12.1. The SMILES string of the molecule is C[C@H](CCC(=O)N1CSc2cc(F)ccc21)[C@H]1CC[C@H]2[C@@H]3[C@H](O)C[C@@H]4C[C@H](O)CC[C@]4(C)[C@H]3CC[C@]12C. The van der Waals surface area contributed by atoms with E-state index in [4.69, 9.17) is 0 Å². The summed E-state index contributed by atoms with van der Waals surface area (Å²) < 4.78 is 13.6. The van der Waals surface area contributed by atoms with E-state index in [1.165, 1.54) is 49.6 Å². The molecular weight excluding hydrogens is 485 g/mol. The highest BCUT2D eigenvalue weighted by atomic mass is 32.2. The van der Waals surface area contributed by atoms with Crippen molar-refractivity contribution in [3.05, 3.63) is 24.0 Å². The van der Waals surface area contributed by atoms with Gasteiger partial charge < -0.3 is 15.1 Å². The molecule has 0 radical (unpaired) electrons. The van der Waals surface area contributed by atoms with Crippen LogP contribution in [0.15, 0.2) is 23.1 Å². The van der Waals surface area contributed by atoms with Crippen molar-refractivity contribution >= 4 is 23.4 Å². The number of aliphatic hydroxyl groups is 2. The summed E-state index contributed by atoms with van der Waals surface area (Å²) in [5.74, 6) is 3.49. The molecule has 4 saturated carbocycles. The fraction of sp³-hybridized carbons (Fsp3) is 0.774. The summed E-state index contributed by atoms with van der Waals surface area (Å²) >= 11 is 1.54. The first-order chi connectivity index (χ1) is 17.6. The predicted octanol–water partition coefficient (Wildman–Crippen LogP) is 6.63. The fourth-order valence-electron chi connectivity index (χ4n) is 10.1. The molecule has 1 amide bonds. The molecule has 4 fully saturated rings. The first-order valence-electron chi connectivity index (χ1n) is 14.7. The van der Waals surface area contributed by atoms with Gasteiger partial charge in [0.15, 0.2) is 0 Å². The third kappa shape index (κ3) is 4.19. The second kappa shape index (κ2) is 9.52. The smallest absolute Gasteiger partial charge is 0.227 e. The van der Waals surface area contributed by atoms with Crippen molar-refractivity contribution in [2.45, 2.75) is 102 Å². The van der Waals surface area contributed by atoms with Gasteiger partial charge in [0.25, 0.3) is 0 Å². The van der Waals surface area contributed by atoms with Crippen molar-refractivity contribution in [1.82, 2.24) is 0 Å². The van der Waals surface area contributed by atoms with Crippen molar-refractivity contribution in [2.75, 3.05) is 10.8 Å². The Morgan fingerprint density at radius 3 is 2.68 bits per heavy atom. The van der Waals surface area contributed by atoms with E-state index >= 15 is 0 Å². The highest BCUT2D eigenvalue weighted by Gasteiger charge is 2.62. The Balaban J connectivity index is 1.13. The fourth-order valence-corrected chi connectivity index (χ4v) is 11.2. The first-order valence-corrected chi connectivity index (χ1v) is 15.7. The Labute approximate surface area is 225 Å². The van der Waals surface area contributed by atoms with Crippen LogP contribution in [0.5, 0.6) is 0 Å². The molecular formula is C31H44FNO3S. The van der Waals surface area contributed by atoms with E-state index in [-0.39, 0.29) is 34.8 Å². The summed E-state index contributed by atoms with van der Waals surface area (Å²) in [6, 6.07) is 4.71. The van der Waals surface area contributed by atoms with Gasteiger partial charge >= 0.3 is 0 Å². The number of nitrogens with zero attached hydrogens (tertiary/aromatic N) is 1. The zero-order valence-corrected chi connectivity index (χ0v) is 23.5. The van der Waals surface area contributed by atoms with Gasteiger partial charge in [-0.25, -0.2) is 4.39 Å². The Kier molecular flexibility index (Phi) is 6.72. The second-order valence-electron chi connectivity index (χ2n) is 13.7. The van der Waals surface area contributed by atoms with Gasteiger partial charge in [-0.2, -0.15) is 0 Å². The minimum atomic E-state index is -0.249. The van der Waals surface area contributed by atoms with E-state index < -0.39 is 0 Å². The average molecular weight is 530 g/mol. The molecule has 5 aliphatic rings. The Hall–Kier alpha value is -1.11. The van der Waals surface area contributed by atoms with Crippen LogP contribution in [0.2, 0.25) is 0 Å². The van der Waals surface area contributed by atoms with Crippen LogP contribution >= 0.6 is 11.8 Å². The number of hydrogen-bond donors (Lipinski definition) is 2. The number of carbonyl (C=O) groups is 1. The van der Waals surface area contributed by atoms with Gasteiger partial charge in [-0.1, -0.05) is 20.8 Å². The van der Waals surface area contributed by atoms with Crippen molar-refractivity contribution in [3.63, 3.8) is 0 Å². The van der Waals surface area contributed by atoms with Crippen LogP contribution in [-0.4, -0.2) is 34.2 Å². The zero-order valence-electron chi connectivity index (χ0n) is 22.7. The van der Waals surface area contributed by atoms with Gasteiger partial charge in [-0.3, -0.25) is 4.79 Å². The van der Waals surface area contributed by atoms with Crippen molar-refractivity contribution < 1.29 is 19.4 Å². The average Bonchev–Trinajstić information content (AvgIpc) is 3.44. The highest BCUT2D eigenvalue weighted by molar-refractivity contribution is 8.00. The van der Waals surface area contributed by atoms with Gasteiger partial charge in [0.05, 0.1) is 23.8 Å². The van der Waals surface area contributed by atoms with Gasteiger partial charge in [-0.05, 0) is 122 Å². The van der Waals surface area contributed by atoms with Crippen LogP contribution in [0.3, 0.4) is 0 Å². The number of hydrogen-bond acceptors (Lipinski definition) is 4. The van der Waals surface area contributed by atoms with Crippen LogP contribution in [0, 0.1) is 52.2 Å². The number of amides is 1. The van der Waals surface area contributed by atoms with Crippen molar-refractivity contribution in [3.8, 4) is 0 Å². The number of thioether (sulfide) groups is 1. The summed E-state index contributed by atoms with van der Waals surface area (Å²) in [7, 11) is 0. The predicted molar refractivity (Wildman–Crippen MR) is 146 cm³/mol. The number of fused-ring (bicyclic) bond motifs is 6. The lowest BCUT2D eigenvalue weighted by atomic mass is 9.43. The van der Waals surface area contributed by atoms with Crippen LogP contribution in [-0.2, 0) is 4.79 Å². The lowest BCUT2D eigenvalue weighted by molar-refractivity contribution is -0.174. The molecule has 2 N–H and O–H groups in total. The molecule has 0 bridgehead atoms. The van der Waals surface area contributed by atoms with E-state index in [0.717, 1.165) is 42.7 Å². The van der Waals surface area contributed by atoms with Gasteiger partial charge in [0.2, 0.25) is 5.91 Å². The van der Waals surface area contributed by atoms with E-state index in [9.17, 15) is 19.4 Å². The standard InChI is InChI=1S/C31H44FNO3S/c1-18(4-9-28(36)33-17-37-27-16-20(32)5-8-25(27)33)22-6-7-23-29-24(11-13-31(22,23)3)30(2)12-10-21(34)14-19(30)15-26(29)35/h5,8,16,18-19,21-24,26,29,34-35H,4,6-7,9-15,17H2,1-3H3/t18-,19+,21-,22-,23+,24+,26-,29+,30+,31-/m1/s1. The maximum absolute atomic E-state index is 13.6. The van der Waals surface area contributed by atoms with Gasteiger partial charge in [0.1, 0.15) is 5.82 Å². The monoisotopic (exact) mass is 529 g/mol. The summed E-state index contributed by atoms with van der Waals surface area (Å²) in [4.78, 5) is 15.9. The van der Waals surface area contributed by atoms with Crippen LogP contribution in [0.25, 0.3) is 0 Å². The molecule has 4 nitrogen and oxygen atoms in total. The number of benzene rings is 1. The first kappa shape index (κ1) is 26.1. The molecule has 6 rings (SSSR count). The van der Waals surface area contributed by atoms with Crippen LogP contribution in [0.4, 0.5) is 10.1 Å². The topological polar surface area (TPSA) is 60.8 Å². The summed E-state index contributed by atoms with van der Waals surface area (Å²) in [6.07, 6.45) is 9.53. The van der Waals surface area contributed by atoms with Crippen LogP contribution in [0.1, 0.15) is 85.0 Å². The Morgan fingerprint density at radius 1 is 1.11 bits per heavy atom. The van der Waals surface area contributed by atoms with E-state index in [0.29, 0.717) is 47.8 Å². The third-order valence-corrected chi connectivity index (χ3v) is 13.1. The van der Waals surface area contributed by atoms with Crippen molar-refractivity contribution in [2.24, 2.45) is 46.3 Å². The molecule has 6 heteroatoms. The van der Waals surface area contributed by atoms with Crippen LogP contribution < -0.4 is 4.90 Å². The molecule has 4 aliphatic carbocycles. The van der Waals surface area contributed by atoms with E-state index in [1.807, 2.05) is 4.90 Å². The largest absolute Gasteiger partial charge is 0.393 e. The molecule has 1 aromatic rings. The molecule has 10 atom stereocenters. The molecule has 0 unspecified atom stereocenters. The lowest BCUT2D eigenvalue weighted by Gasteiger charge is -2.62. The normalized spacial score (nSPS) is 43.5. The molecule has 1 aliphatic heterocycles. The number of rotatable bonds is 4. The summed E-state index contributed by atoms with van der Waals surface area (Å²) in [5, 5.41) is 21.8. The number of carbonyl (C=O) groups excluding carboxylic acids is 1. The molecule has 0 aromatic heterocycles. The quantitative estimate of drug-likeness (QED) is 0.460. The number of halogens is 1. The molecule has 204 valence electrons. The second-order valence-corrected chi connectivity index (χ2v) is 14.7. The van der Waals surface area contributed by atoms with Gasteiger partial charge in [-0.15, -0.1) is 11.8 Å². The maximum atomic E-state index is 13.6. The van der Waals surface area contributed by atoms with E-state index in [1.54, 1.807) is 6.07 Å². The summed E-state index contributed by atoms with van der Waals surface area (Å²) in [6.45, 7) is 7.31. The lowest BCUT2D eigenvalue weighted by Crippen LogP contribution is -2.58. The maximum Gasteiger partial charge on any atom is 0.227 e. The summed E-state index contributed by atoms with van der Waals surface area (Å²) in [5.41, 5.74) is 1.34. The highest BCUT2D eigenvalue weighted by Crippen LogP contribution is 2.68. The molecule has 0 saturated heterocycles. The Bertz CT molecular complexity index is 1050. The minimum Gasteiger partial charge on any atom is -0.393 e. The van der Waals surface area contributed by atoms with Gasteiger partial charge in [0, 0.05) is 11.3 Å². The van der Waals surface area contributed by atoms with Crippen molar-refractivity contribution in [1.29, 1.82) is 0 Å². The number of aliphatic hydroxyl groups excluding tert-OH is 2. The number of anilines is 1. The Morgan fingerprint density at radius 2 is 1.86 bits per heavy atom. The molecule has 37 heavy (non-hydrogen) atoms. The minimum absolute atomic E-state index is 0.147.